The summed E-state index contributed by atoms with van der Waals surface area (Å²) in [4.78, 5) is 24.2. The number of aryl methyl sites for hydroxylation is 1. The van der Waals surface area contributed by atoms with Crippen molar-refractivity contribution in [3.05, 3.63) is 42.2 Å². The van der Waals surface area contributed by atoms with Crippen LogP contribution in [0.5, 0.6) is 0 Å². The number of carbonyl (C=O) groups excluding carboxylic acids is 2. The summed E-state index contributed by atoms with van der Waals surface area (Å²) in [5, 5.41) is 12.8. The normalized spacial score (nSPS) is 12.0. The Balaban J connectivity index is 1.98. The van der Waals surface area contributed by atoms with Gasteiger partial charge in [0.05, 0.1) is 6.20 Å². The second-order valence-corrected chi connectivity index (χ2v) is 6.38. The van der Waals surface area contributed by atoms with Crippen LogP contribution >= 0.6 is 0 Å². The highest BCUT2D eigenvalue weighted by Crippen LogP contribution is 2.18. The molecule has 0 spiro atoms. The smallest absolute Gasteiger partial charge is 0.246 e. The highest BCUT2D eigenvalue weighted by molar-refractivity contribution is 5.96. The van der Waals surface area contributed by atoms with E-state index in [-0.39, 0.29) is 11.8 Å². The molecule has 0 saturated carbocycles. The molecular weight excluding hydrogens is 318 g/mol. The van der Waals surface area contributed by atoms with Gasteiger partial charge in [-0.15, -0.1) is 0 Å². The van der Waals surface area contributed by atoms with Crippen molar-refractivity contribution in [1.82, 2.24) is 15.1 Å². The van der Waals surface area contributed by atoms with Gasteiger partial charge < -0.3 is 16.0 Å². The first-order valence-electron chi connectivity index (χ1n) is 8.25. The first kappa shape index (κ1) is 18.7. The predicted octanol–water partition coefficient (Wildman–Crippen LogP) is 2.30. The number of nitrogens with one attached hydrogen (secondary N) is 3. The van der Waals surface area contributed by atoms with Crippen LogP contribution in [0.3, 0.4) is 0 Å². The van der Waals surface area contributed by atoms with Crippen LogP contribution < -0.4 is 16.0 Å². The van der Waals surface area contributed by atoms with Crippen molar-refractivity contribution < 1.29 is 9.59 Å². The number of nitrogens with zero attached hydrogens (tertiary/aromatic N) is 2. The Morgan fingerprint density at radius 3 is 2.20 bits per heavy atom. The fraction of sp³-hybridized carbons (Fsp3) is 0.389. The third-order valence-electron chi connectivity index (χ3n) is 3.64. The molecule has 1 unspecified atom stereocenters. The monoisotopic (exact) mass is 343 g/mol. The summed E-state index contributed by atoms with van der Waals surface area (Å²) in [6, 6.07) is 6.58. The van der Waals surface area contributed by atoms with Crippen molar-refractivity contribution in [1.29, 1.82) is 0 Å². The van der Waals surface area contributed by atoms with E-state index in [4.69, 9.17) is 0 Å². The zero-order valence-corrected chi connectivity index (χ0v) is 15.0. The van der Waals surface area contributed by atoms with Gasteiger partial charge in [0.1, 0.15) is 6.04 Å². The fourth-order valence-electron chi connectivity index (χ4n) is 2.47. The van der Waals surface area contributed by atoms with Crippen molar-refractivity contribution in [2.45, 2.75) is 26.3 Å². The van der Waals surface area contributed by atoms with Crippen molar-refractivity contribution in [3.63, 3.8) is 0 Å². The average Bonchev–Trinajstić information content (AvgIpc) is 2.95. The number of aromatic nitrogens is 2. The van der Waals surface area contributed by atoms with E-state index in [1.54, 1.807) is 55.4 Å². The molecule has 2 rings (SSSR count). The van der Waals surface area contributed by atoms with E-state index < -0.39 is 6.04 Å². The van der Waals surface area contributed by atoms with Crippen LogP contribution in [-0.4, -0.2) is 28.6 Å². The van der Waals surface area contributed by atoms with Crippen molar-refractivity contribution in [2.75, 3.05) is 17.7 Å². The third kappa shape index (κ3) is 5.42. The molecule has 7 heteroatoms. The maximum Gasteiger partial charge on any atom is 0.246 e. The minimum atomic E-state index is -0.487. The first-order chi connectivity index (χ1) is 11.9. The van der Waals surface area contributed by atoms with E-state index in [9.17, 15) is 9.59 Å². The van der Waals surface area contributed by atoms with E-state index in [2.05, 4.69) is 21.0 Å². The summed E-state index contributed by atoms with van der Waals surface area (Å²) in [6.07, 6.45) is 3.94. The molecule has 0 bridgehead atoms. The number of rotatable bonds is 7. The molecule has 0 saturated heterocycles. The van der Waals surface area contributed by atoms with E-state index in [1.807, 2.05) is 13.8 Å². The first-order valence-corrected chi connectivity index (χ1v) is 8.25. The van der Waals surface area contributed by atoms with Crippen LogP contribution in [0.4, 0.5) is 11.4 Å². The zero-order chi connectivity index (χ0) is 18.4. The van der Waals surface area contributed by atoms with Crippen LogP contribution in [0.15, 0.2) is 36.7 Å². The van der Waals surface area contributed by atoms with Crippen LogP contribution in [-0.2, 0) is 16.6 Å². The maximum atomic E-state index is 12.5. The number of carbonyl (C=O) groups is 2. The molecule has 0 aliphatic heterocycles. The van der Waals surface area contributed by atoms with Gasteiger partial charge in [-0.3, -0.25) is 14.3 Å². The van der Waals surface area contributed by atoms with Gasteiger partial charge in [0.15, 0.2) is 0 Å². The van der Waals surface area contributed by atoms with Gasteiger partial charge in [0.2, 0.25) is 11.8 Å². The average molecular weight is 343 g/mol. The third-order valence-corrected chi connectivity index (χ3v) is 3.64. The molecule has 134 valence electrons. The van der Waals surface area contributed by atoms with Crippen molar-refractivity contribution in [2.24, 2.45) is 13.0 Å². The summed E-state index contributed by atoms with van der Waals surface area (Å²) < 4.78 is 1.65. The minimum absolute atomic E-state index is 0.0152. The summed E-state index contributed by atoms with van der Waals surface area (Å²) in [7, 11) is 3.53. The second-order valence-electron chi connectivity index (χ2n) is 6.38. The summed E-state index contributed by atoms with van der Waals surface area (Å²) >= 11 is 0. The lowest BCUT2D eigenvalue weighted by Gasteiger charge is -2.15. The van der Waals surface area contributed by atoms with Gasteiger partial charge >= 0.3 is 0 Å². The molecule has 3 N–H and O–H groups in total. The van der Waals surface area contributed by atoms with Crippen LogP contribution in [0.2, 0.25) is 0 Å². The molecule has 2 amide bonds. The van der Waals surface area contributed by atoms with Gasteiger partial charge in [-0.05, 0) is 37.2 Å². The molecule has 25 heavy (non-hydrogen) atoms. The lowest BCUT2D eigenvalue weighted by molar-refractivity contribution is -0.118. The Bertz CT molecular complexity index is 721. The number of amides is 2. The Labute approximate surface area is 147 Å². The maximum absolute atomic E-state index is 12.5. The molecular formula is C18H25N5O2. The lowest BCUT2D eigenvalue weighted by Crippen LogP contribution is -2.30. The molecule has 1 heterocycles. The van der Waals surface area contributed by atoms with Gasteiger partial charge in [0, 0.05) is 36.6 Å². The molecule has 7 nitrogen and oxygen atoms in total. The second kappa shape index (κ2) is 8.43. The molecule has 0 radical (unpaired) electrons. The Kier molecular flexibility index (Phi) is 6.30. The Hall–Kier alpha value is -2.67. The number of hydrogen-bond acceptors (Lipinski definition) is 4. The van der Waals surface area contributed by atoms with Crippen molar-refractivity contribution in [3.8, 4) is 0 Å². The number of hydrogen-bond donors (Lipinski definition) is 3. The van der Waals surface area contributed by atoms with Gasteiger partial charge in [-0.1, -0.05) is 13.8 Å². The molecule has 2 aromatic rings. The minimum Gasteiger partial charge on any atom is -0.326 e. The summed E-state index contributed by atoms with van der Waals surface area (Å²) in [6.45, 7) is 4.00. The molecule has 0 aliphatic rings. The molecule has 1 aromatic heterocycles. The predicted molar refractivity (Wildman–Crippen MR) is 98.2 cm³/mol. The number of anilines is 2. The van der Waals surface area contributed by atoms with Gasteiger partial charge in [0.25, 0.3) is 0 Å². The summed E-state index contributed by atoms with van der Waals surface area (Å²) in [5.74, 6) is 0.121. The molecule has 1 aromatic carbocycles. The highest BCUT2D eigenvalue weighted by atomic mass is 16.2. The van der Waals surface area contributed by atoms with Gasteiger partial charge in [-0.25, -0.2) is 0 Å². The number of likely N-dealkylation sites (N-methyl/N-ethyl adjacent to an activating group) is 1. The highest BCUT2D eigenvalue weighted by Gasteiger charge is 2.20. The van der Waals surface area contributed by atoms with E-state index in [0.717, 1.165) is 5.56 Å². The Morgan fingerprint density at radius 1 is 1.12 bits per heavy atom. The van der Waals surface area contributed by atoms with Crippen molar-refractivity contribution >= 4 is 23.2 Å². The van der Waals surface area contributed by atoms with Crippen LogP contribution in [0.25, 0.3) is 0 Å². The molecule has 0 fully saturated rings. The largest absolute Gasteiger partial charge is 0.326 e. The molecule has 1 atom stereocenters. The summed E-state index contributed by atoms with van der Waals surface area (Å²) in [5.41, 5.74) is 2.16. The standard InChI is InChI=1S/C18H25N5O2/c1-12(2)9-16(24)21-14-5-7-15(8-6-14)22-18(25)17(19-3)13-10-20-23(4)11-13/h5-8,10-12,17,19H,9H2,1-4H3,(H,21,24)(H,22,25). The SMILES string of the molecule is CNC(C(=O)Nc1ccc(NC(=O)CC(C)C)cc1)c1cnn(C)c1. The van der Waals surface area contributed by atoms with Gasteiger partial charge in [-0.2, -0.15) is 5.10 Å². The zero-order valence-electron chi connectivity index (χ0n) is 15.0. The Morgan fingerprint density at radius 2 is 1.72 bits per heavy atom. The van der Waals surface area contributed by atoms with E-state index in [0.29, 0.717) is 23.7 Å². The topological polar surface area (TPSA) is 88.1 Å². The fourth-order valence-corrected chi connectivity index (χ4v) is 2.47. The van der Waals surface area contributed by atoms with E-state index in [1.165, 1.54) is 0 Å². The lowest BCUT2D eigenvalue weighted by atomic mass is 10.1. The quantitative estimate of drug-likeness (QED) is 0.720. The number of benzene rings is 1. The molecule has 0 aliphatic carbocycles. The van der Waals surface area contributed by atoms with Crippen LogP contribution in [0, 0.1) is 5.92 Å². The van der Waals surface area contributed by atoms with Crippen LogP contribution in [0.1, 0.15) is 31.9 Å². The van der Waals surface area contributed by atoms with E-state index >= 15 is 0 Å².